The lowest BCUT2D eigenvalue weighted by Crippen LogP contribution is -2.38. The molecule has 118 valence electrons. The van der Waals surface area contributed by atoms with E-state index in [0.29, 0.717) is 6.54 Å². The van der Waals surface area contributed by atoms with Crippen molar-refractivity contribution in [1.29, 1.82) is 0 Å². The average Bonchev–Trinajstić information content (AvgIpc) is 2.74. The molecule has 9 heteroatoms. The fourth-order valence-corrected chi connectivity index (χ4v) is 2.17. The van der Waals surface area contributed by atoms with E-state index >= 15 is 0 Å². The van der Waals surface area contributed by atoms with Crippen LogP contribution in [0.25, 0.3) is 0 Å². The minimum atomic E-state index is -1.38. The standard InChI is InChI=1S/C12H19N3O6/c1-2-3-13-6-4-15(12(20)14-10(6)19)11-9(18)8(17)7(5-16)21-11/h4,7-9,11,13,16-18H,2-3,5H2,1H3,(H,14,19,20)/t7-,8-,9-,11-/m1/s1. The third-order valence-electron chi connectivity index (χ3n) is 3.32. The first-order chi connectivity index (χ1) is 9.99. The molecule has 0 radical (unpaired) electrons. The summed E-state index contributed by atoms with van der Waals surface area (Å²) in [6, 6.07) is 0. The lowest BCUT2D eigenvalue weighted by molar-refractivity contribution is -0.0549. The highest BCUT2D eigenvalue weighted by Crippen LogP contribution is 2.28. The van der Waals surface area contributed by atoms with Gasteiger partial charge in [-0.05, 0) is 6.42 Å². The molecule has 1 saturated heterocycles. The summed E-state index contributed by atoms with van der Waals surface area (Å²) in [6.07, 6.45) is -2.85. The zero-order chi connectivity index (χ0) is 15.6. The molecule has 0 aliphatic carbocycles. The fraction of sp³-hybridized carbons (Fsp3) is 0.667. The summed E-state index contributed by atoms with van der Waals surface area (Å²) in [5.41, 5.74) is -1.18. The van der Waals surface area contributed by atoms with E-state index in [4.69, 9.17) is 9.84 Å². The van der Waals surface area contributed by atoms with Crippen molar-refractivity contribution in [2.24, 2.45) is 0 Å². The molecule has 1 aromatic rings. The van der Waals surface area contributed by atoms with Gasteiger partial charge in [0.05, 0.1) is 6.61 Å². The second-order valence-electron chi connectivity index (χ2n) is 4.86. The molecule has 0 amide bonds. The first kappa shape index (κ1) is 15.7. The Bertz CT molecular complexity index is 597. The first-order valence-electron chi connectivity index (χ1n) is 6.71. The van der Waals surface area contributed by atoms with Crippen molar-refractivity contribution in [3.8, 4) is 0 Å². The molecule has 1 aliphatic heterocycles. The van der Waals surface area contributed by atoms with Gasteiger partial charge in [-0.2, -0.15) is 0 Å². The number of aliphatic hydroxyl groups is 3. The lowest BCUT2D eigenvalue weighted by Gasteiger charge is -2.18. The average molecular weight is 301 g/mol. The van der Waals surface area contributed by atoms with Crippen LogP contribution < -0.4 is 16.6 Å². The number of aromatic amines is 1. The quantitative estimate of drug-likeness (QED) is 0.423. The molecule has 0 bridgehead atoms. The maximum Gasteiger partial charge on any atom is 0.330 e. The second kappa shape index (κ2) is 6.39. The Morgan fingerprint density at radius 2 is 2.10 bits per heavy atom. The van der Waals surface area contributed by atoms with Gasteiger partial charge in [0, 0.05) is 12.7 Å². The van der Waals surface area contributed by atoms with Crippen LogP contribution in [0.1, 0.15) is 19.6 Å². The van der Waals surface area contributed by atoms with Gasteiger partial charge in [-0.15, -0.1) is 0 Å². The Labute approximate surface area is 119 Å². The van der Waals surface area contributed by atoms with Crippen molar-refractivity contribution >= 4 is 5.69 Å². The van der Waals surface area contributed by atoms with E-state index in [9.17, 15) is 19.8 Å². The number of hydrogen-bond donors (Lipinski definition) is 5. The molecule has 5 N–H and O–H groups in total. The number of ether oxygens (including phenoxy) is 1. The monoisotopic (exact) mass is 301 g/mol. The number of H-pyrrole nitrogens is 1. The summed E-state index contributed by atoms with van der Waals surface area (Å²) in [5, 5.41) is 31.5. The van der Waals surface area contributed by atoms with Crippen LogP contribution in [-0.4, -0.2) is 56.3 Å². The summed E-state index contributed by atoms with van der Waals surface area (Å²) in [4.78, 5) is 25.6. The molecule has 0 unspecified atom stereocenters. The van der Waals surface area contributed by atoms with Gasteiger partial charge in [-0.3, -0.25) is 14.3 Å². The number of aliphatic hydroxyl groups excluding tert-OH is 3. The molecule has 1 aromatic heterocycles. The maximum atomic E-state index is 11.8. The highest BCUT2D eigenvalue weighted by atomic mass is 16.6. The number of nitrogens with one attached hydrogen (secondary N) is 2. The molecule has 0 saturated carbocycles. The van der Waals surface area contributed by atoms with Gasteiger partial charge in [-0.25, -0.2) is 4.79 Å². The summed E-state index contributed by atoms with van der Waals surface area (Å²) < 4.78 is 6.25. The molecular formula is C12H19N3O6. The molecular weight excluding hydrogens is 282 g/mol. The maximum absolute atomic E-state index is 11.8. The number of aromatic nitrogens is 2. The van der Waals surface area contributed by atoms with Crippen LogP contribution in [0.2, 0.25) is 0 Å². The predicted molar refractivity (Wildman–Crippen MR) is 73.1 cm³/mol. The third-order valence-corrected chi connectivity index (χ3v) is 3.32. The first-order valence-corrected chi connectivity index (χ1v) is 6.71. The Morgan fingerprint density at radius 3 is 2.67 bits per heavy atom. The number of hydrogen-bond acceptors (Lipinski definition) is 7. The Kier molecular flexibility index (Phi) is 4.78. The van der Waals surface area contributed by atoms with Crippen molar-refractivity contribution in [2.45, 2.75) is 37.9 Å². The Morgan fingerprint density at radius 1 is 1.38 bits per heavy atom. The number of nitrogens with zero attached hydrogens (tertiary/aromatic N) is 1. The topological polar surface area (TPSA) is 137 Å². The van der Waals surface area contributed by atoms with Crippen LogP contribution in [0.5, 0.6) is 0 Å². The predicted octanol–water partition coefficient (Wildman–Crippen LogP) is -2.03. The van der Waals surface area contributed by atoms with E-state index in [0.717, 1.165) is 11.0 Å². The SMILES string of the molecule is CCCNc1cn([C@@H]2O[C@H](CO)[C@@H](O)[C@H]2O)c(=O)[nH]c1=O. The van der Waals surface area contributed by atoms with Gasteiger partial charge in [0.15, 0.2) is 6.23 Å². The van der Waals surface area contributed by atoms with Gasteiger partial charge in [-0.1, -0.05) is 6.92 Å². The molecule has 9 nitrogen and oxygen atoms in total. The molecule has 2 rings (SSSR count). The van der Waals surface area contributed by atoms with Crippen molar-refractivity contribution < 1.29 is 20.1 Å². The van der Waals surface area contributed by atoms with Crippen molar-refractivity contribution in [3.05, 3.63) is 27.0 Å². The van der Waals surface area contributed by atoms with E-state index < -0.39 is 42.4 Å². The zero-order valence-corrected chi connectivity index (χ0v) is 11.5. The minimum absolute atomic E-state index is 0.161. The Balaban J connectivity index is 2.35. The van der Waals surface area contributed by atoms with E-state index in [2.05, 4.69) is 10.3 Å². The molecule has 2 heterocycles. The third kappa shape index (κ3) is 3.00. The van der Waals surface area contributed by atoms with E-state index in [-0.39, 0.29) is 5.69 Å². The molecule has 1 fully saturated rings. The summed E-state index contributed by atoms with van der Waals surface area (Å²) in [6.45, 7) is 1.97. The van der Waals surface area contributed by atoms with Crippen molar-refractivity contribution in [3.63, 3.8) is 0 Å². The minimum Gasteiger partial charge on any atom is -0.394 e. The normalized spacial score (nSPS) is 28.8. The molecule has 21 heavy (non-hydrogen) atoms. The van der Waals surface area contributed by atoms with Gasteiger partial charge in [0.1, 0.15) is 24.0 Å². The summed E-state index contributed by atoms with van der Waals surface area (Å²) in [5.74, 6) is 0. The fourth-order valence-electron chi connectivity index (χ4n) is 2.17. The zero-order valence-electron chi connectivity index (χ0n) is 11.5. The van der Waals surface area contributed by atoms with Crippen LogP contribution in [0.3, 0.4) is 0 Å². The van der Waals surface area contributed by atoms with Crippen molar-refractivity contribution in [1.82, 2.24) is 9.55 Å². The highest BCUT2D eigenvalue weighted by Gasteiger charge is 2.43. The molecule has 0 spiro atoms. The Hall–Kier alpha value is -1.68. The largest absolute Gasteiger partial charge is 0.394 e. The number of anilines is 1. The highest BCUT2D eigenvalue weighted by molar-refractivity contribution is 5.37. The van der Waals surface area contributed by atoms with E-state index in [1.807, 2.05) is 6.92 Å². The summed E-state index contributed by atoms with van der Waals surface area (Å²) in [7, 11) is 0. The molecule has 1 aliphatic rings. The van der Waals surface area contributed by atoms with Crippen LogP contribution in [0.4, 0.5) is 5.69 Å². The molecule has 4 atom stereocenters. The van der Waals surface area contributed by atoms with E-state index in [1.54, 1.807) is 0 Å². The van der Waals surface area contributed by atoms with Gasteiger partial charge >= 0.3 is 5.69 Å². The van der Waals surface area contributed by atoms with Crippen LogP contribution in [-0.2, 0) is 4.74 Å². The van der Waals surface area contributed by atoms with Gasteiger partial charge < -0.3 is 25.4 Å². The van der Waals surface area contributed by atoms with Gasteiger partial charge in [0.2, 0.25) is 0 Å². The second-order valence-corrected chi connectivity index (χ2v) is 4.86. The molecule has 0 aromatic carbocycles. The van der Waals surface area contributed by atoms with Crippen LogP contribution in [0, 0.1) is 0 Å². The lowest BCUT2D eigenvalue weighted by atomic mass is 10.1. The smallest absolute Gasteiger partial charge is 0.330 e. The van der Waals surface area contributed by atoms with Gasteiger partial charge in [0.25, 0.3) is 5.56 Å². The van der Waals surface area contributed by atoms with E-state index in [1.165, 1.54) is 6.20 Å². The van der Waals surface area contributed by atoms with Crippen molar-refractivity contribution in [2.75, 3.05) is 18.5 Å². The summed E-state index contributed by atoms with van der Waals surface area (Å²) >= 11 is 0. The van der Waals surface area contributed by atoms with Crippen LogP contribution >= 0.6 is 0 Å². The van der Waals surface area contributed by atoms with Crippen LogP contribution in [0.15, 0.2) is 15.8 Å². The number of rotatable bonds is 5.